The third-order valence-electron chi connectivity index (χ3n) is 4.22. The van der Waals surface area contributed by atoms with E-state index >= 15 is 0 Å². The Kier molecular flexibility index (Phi) is 4.83. The molecule has 0 radical (unpaired) electrons. The van der Waals surface area contributed by atoms with Crippen molar-refractivity contribution in [2.75, 3.05) is 5.73 Å². The van der Waals surface area contributed by atoms with Gasteiger partial charge in [0.1, 0.15) is 18.2 Å². The highest BCUT2D eigenvalue weighted by Crippen LogP contribution is 2.25. The standard InChI is InChI=1S/C22H19N3O2/c23-22-20(7-4-12-24-22)21-14-18(25-27-21)13-16-8-10-19(11-9-16)26-15-17-5-2-1-3-6-17/h1-12,14H,13,15H2,(H2,23,24). The van der Waals surface area contributed by atoms with Crippen molar-refractivity contribution < 1.29 is 9.26 Å². The largest absolute Gasteiger partial charge is 0.489 e. The Labute approximate surface area is 157 Å². The monoisotopic (exact) mass is 357 g/mol. The molecule has 0 amide bonds. The fraction of sp³-hybridized carbons (Fsp3) is 0.0909. The van der Waals surface area contributed by atoms with E-state index in [1.807, 2.05) is 72.8 Å². The highest BCUT2D eigenvalue weighted by atomic mass is 16.5. The van der Waals surface area contributed by atoms with E-state index in [0.717, 1.165) is 28.1 Å². The van der Waals surface area contributed by atoms with Crippen molar-refractivity contribution in [3.63, 3.8) is 0 Å². The minimum atomic E-state index is 0.431. The van der Waals surface area contributed by atoms with Gasteiger partial charge in [0.15, 0.2) is 5.76 Å². The lowest BCUT2D eigenvalue weighted by atomic mass is 10.1. The fourth-order valence-electron chi connectivity index (χ4n) is 2.80. The number of anilines is 1. The number of nitrogen functional groups attached to an aromatic ring is 1. The average molecular weight is 357 g/mol. The Hall–Kier alpha value is -3.60. The number of rotatable bonds is 6. The number of nitrogens with two attached hydrogens (primary N) is 1. The predicted octanol–water partition coefficient (Wildman–Crippen LogP) is 4.49. The molecule has 5 nitrogen and oxygen atoms in total. The molecule has 0 fully saturated rings. The number of nitrogens with zero attached hydrogens (tertiary/aromatic N) is 2. The minimum Gasteiger partial charge on any atom is -0.489 e. The molecule has 0 aliphatic heterocycles. The van der Waals surface area contributed by atoms with Crippen LogP contribution in [0.2, 0.25) is 0 Å². The molecule has 0 aliphatic rings. The Morgan fingerprint density at radius 1 is 0.889 bits per heavy atom. The first-order valence-corrected chi connectivity index (χ1v) is 8.70. The summed E-state index contributed by atoms with van der Waals surface area (Å²) in [5.41, 5.74) is 9.75. The summed E-state index contributed by atoms with van der Waals surface area (Å²) in [5.74, 6) is 1.89. The van der Waals surface area contributed by atoms with Crippen LogP contribution >= 0.6 is 0 Å². The molecule has 0 atom stereocenters. The van der Waals surface area contributed by atoms with Gasteiger partial charge >= 0.3 is 0 Å². The van der Waals surface area contributed by atoms with E-state index in [2.05, 4.69) is 10.1 Å². The highest BCUT2D eigenvalue weighted by Gasteiger charge is 2.10. The molecule has 4 rings (SSSR count). The topological polar surface area (TPSA) is 74.2 Å². The molecule has 0 saturated carbocycles. The van der Waals surface area contributed by atoms with Crippen molar-refractivity contribution in [3.8, 4) is 17.1 Å². The number of ether oxygens (including phenoxy) is 1. The molecule has 2 heterocycles. The normalized spacial score (nSPS) is 10.7. The van der Waals surface area contributed by atoms with Crippen molar-refractivity contribution in [1.29, 1.82) is 0 Å². The van der Waals surface area contributed by atoms with Crippen LogP contribution in [0, 0.1) is 0 Å². The van der Waals surface area contributed by atoms with E-state index in [-0.39, 0.29) is 0 Å². The van der Waals surface area contributed by atoms with Gasteiger partial charge in [0.25, 0.3) is 0 Å². The van der Waals surface area contributed by atoms with Gasteiger partial charge in [0.05, 0.1) is 11.3 Å². The molecule has 0 spiro atoms. The van der Waals surface area contributed by atoms with Crippen LogP contribution in [0.1, 0.15) is 16.8 Å². The van der Waals surface area contributed by atoms with E-state index < -0.39 is 0 Å². The maximum absolute atomic E-state index is 5.89. The Balaban J connectivity index is 1.39. The summed E-state index contributed by atoms with van der Waals surface area (Å²) in [5, 5.41) is 4.14. The Bertz CT molecular complexity index is 1010. The number of hydrogen-bond acceptors (Lipinski definition) is 5. The molecule has 27 heavy (non-hydrogen) atoms. The zero-order valence-corrected chi connectivity index (χ0v) is 14.7. The zero-order valence-electron chi connectivity index (χ0n) is 14.7. The third-order valence-corrected chi connectivity index (χ3v) is 4.22. The lowest BCUT2D eigenvalue weighted by molar-refractivity contribution is 0.306. The van der Waals surface area contributed by atoms with Crippen molar-refractivity contribution >= 4 is 5.82 Å². The first-order chi connectivity index (χ1) is 13.3. The lowest BCUT2D eigenvalue weighted by Crippen LogP contribution is -1.95. The van der Waals surface area contributed by atoms with Crippen molar-refractivity contribution in [3.05, 3.63) is 95.8 Å². The zero-order chi connectivity index (χ0) is 18.5. The number of pyridine rings is 1. The highest BCUT2D eigenvalue weighted by molar-refractivity contribution is 5.69. The second-order valence-corrected chi connectivity index (χ2v) is 6.21. The van der Waals surface area contributed by atoms with Gasteiger partial charge in [-0.3, -0.25) is 0 Å². The van der Waals surface area contributed by atoms with Crippen LogP contribution in [0.4, 0.5) is 5.82 Å². The SMILES string of the molecule is Nc1ncccc1-c1cc(Cc2ccc(OCc3ccccc3)cc2)no1. The summed E-state index contributed by atoms with van der Waals surface area (Å²) < 4.78 is 11.2. The molecular weight excluding hydrogens is 338 g/mol. The van der Waals surface area contributed by atoms with Gasteiger partial charge in [0.2, 0.25) is 0 Å². The summed E-state index contributed by atoms with van der Waals surface area (Å²) in [6.45, 7) is 0.555. The molecule has 134 valence electrons. The van der Waals surface area contributed by atoms with Crippen molar-refractivity contribution in [1.82, 2.24) is 10.1 Å². The van der Waals surface area contributed by atoms with E-state index in [4.69, 9.17) is 15.0 Å². The molecule has 0 saturated heterocycles. The fourth-order valence-corrected chi connectivity index (χ4v) is 2.80. The van der Waals surface area contributed by atoms with E-state index in [0.29, 0.717) is 24.6 Å². The second-order valence-electron chi connectivity index (χ2n) is 6.21. The van der Waals surface area contributed by atoms with Gasteiger partial charge in [-0.2, -0.15) is 0 Å². The minimum absolute atomic E-state index is 0.431. The van der Waals surface area contributed by atoms with Crippen LogP contribution in [-0.4, -0.2) is 10.1 Å². The van der Waals surface area contributed by atoms with Crippen LogP contribution in [0.15, 0.2) is 83.5 Å². The third kappa shape index (κ3) is 4.15. The molecule has 5 heteroatoms. The van der Waals surface area contributed by atoms with Crippen LogP contribution in [-0.2, 0) is 13.0 Å². The van der Waals surface area contributed by atoms with Crippen molar-refractivity contribution in [2.45, 2.75) is 13.0 Å². The number of aromatic nitrogens is 2. The van der Waals surface area contributed by atoms with Crippen LogP contribution in [0.25, 0.3) is 11.3 Å². The molecule has 0 unspecified atom stereocenters. The number of hydrogen-bond donors (Lipinski definition) is 1. The second kappa shape index (κ2) is 7.74. The number of benzene rings is 2. The van der Waals surface area contributed by atoms with Gasteiger partial charge in [-0.05, 0) is 35.4 Å². The van der Waals surface area contributed by atoms with Gasteiger partial charge in [-0.25, -0.2) is 4.98 Å². The quantitative estimate of drug-likeness (QED) is 0.550. The molecule has 0 bridgehead atoms. The predicted molar refractivity (Wildman–Crippen MR) is 104 cm³/mol. The molecule has 2 aromatic heterocycles. The Morgan fingerprint density at radius 3 is 2.48 bits per heavy atom. The lowest BCUT2D eigenvalue weighted by Gasteiger charge is -2.07. The first kappa shape index (κ1) is 16.8. The average Bonchev–Trinajstić information content (AvgIpc) is 3.17. The maximum atomic E-state index is 5.89. The maximum Gasteiger partial charge on any atom is 0.170 e. The Morgan fingerprint density at radius 2 is 1.70 bits per heavy atom. The summed E-state index contributed by atoms with van der Waals surface area (Å²) in [6.07, 6.45) is 2.32. The van der Waals surface area contributed by atoms with Gasteiger partial charge in [-0.1, -0.05) is 47.6 Å². The van der Waals surface area contributed by atoms with E-state index in [1.54, 1.807) is 6.20 Å². The molecule has 0 aliphatic carbocycles. The van der Waals surface area contributed by atoms with Crippen LogP contribution < -0.4 is 10.5 Å². The summed E-state index contributed by atoms with van der Waals surface area (Å²) >= 11 is 0. The van der Waals surface area contributed by atoms with Crippen molar-refractivity contribution in [2.24, 2.45) is 0 Å². The summed E-state index contributed by atoms with van der Waals surface area (Å²) in [6, 6.07) is 23.7. The van der Waals surface area contributed by atoms with Gasteiger partial charge < -0.3 is 15.0 Å². The van der Waals surface area contributed by atoms with Crippen LogP contribution in [0.5, 0.6) is 5.75 Å². The summed E-state index contributed by atoms with van der Waals surface area (Å²) in [7, 11) is 0. The van der Waals surface area contributed by atoms with E-state index in [9.17, 15) is 0 Å². The van der Waals surface area contributed by atoms with Gasteiger partial charge in [0, 0.05) is 18.7 Å². The molecule has 2 aromatic carbocycles. The smallest absolute Gasteiger partial charge is 0.170 e. The molecule has 4 aromatic rings. The van der Waals surface area contributed by atoms with E-state index in [1.165, 1.54) is 0 Å². The van der Waals surface area contributed by atoms with Crippen LogP contribution in [0.3, 0.4) is 0 Å². The molecular formula is C22H19N3O2. The molecule has 2 N–H and O–H groups in total. The summed E-state index contributed by atoms with van der Waals surface area (Å²) in [4.78, 5) is 4.07. The first-order valence-electron chi connectivity index (χ1n) is 8.70. The van der Waals surface area contributed by atoms with Gasteiger partial charge in [-0.15, -0.1) is 0 Å².